The van der Waals surface area contributed by atoms with Crippen molar-refractivity contribution in [3.63, 3.8) is 0 Å². The van der Waals surface area contributed by atoms with E-state index >= 15 is 0 Å². The first-order valence-corrected chi connectivity index (χ1v) is 6.82. The summed E-state index contributed by atoms with van der Waals surface area (Å²) in [5.41, 5.74) is 0. The maximum Gasteiger partial charge on any atom is 0.257 e. The Balaban J connectivity index is 1.70. The SMILES string of the molecule is COc1nccnc1N[C@H]1COC[C@@H]1N1CCCC1. The Morgan fingerprint density at radius 1 is 1.26 bits per heavy atom. The van der Waals surface area contributed by atoms with Crippen molar-refractivity contribution in [1.82, 2.24) is 14.9 Å². The topological polar surface area (TPSA) is 59.5 Å². The van der Waals surface area contributed by atoms with Gasteiger partial charge in [0.25, 0.3) is 5.88 Å². The third-order valence-electron chi connectivity index (χ3n) is 3.84. The lowest BCUT2D eigenvalue weighted by Crippen LogP contribution is -2.45. The summed E-state index contributed by atoms with van der Waals surface area (Å²) in [6.45, 7) is 3.84. The van der Waals surface area contributed by atoms with Crippen LogP contribution in [-0.2, 0) is 4.74 Å². The van der Waals surface area contributed by atoms with Gasteiger partial charge in [-0.15, -0.1) is 0 Å². The van der Waals surface area contributed by atoms with E-state index in [1.54, 1.807) is 19.5 Å². The molecule has 2 atom stereocenters. The first kappa shape index (κ1) is 12.6. The normalized spacial score (nSPS) is 27.6. The van der Waals surface area contributed by atoms with Gasteiger partial charge in [0.05, 0.1) is 32.4 Å². The van der Waals surface area contributed by atoms with Crippen LogP contribution in [0.15, 0.2) is 12.4 Å². The largest absolute Gasteiger partial charge is 0.478 e. The van der Waals surface area contributed by atoms with Crippen LogP contribution in [0.5, 0.6) is 5.88 Å². The van der Waals surface area contributed by atoms with E-state index in [-0.39, 0.29) is 6.04 Å². The second-order valence-corrected chi connectivity index (χ2v) is 5.01. The predicted octanol–water partition coefficient (Wildman–Crippen LogP) is 0.760. The number of nitrogens with one attached hydrogen (secondary N) is 1. The Morgan fingerprint density at radius 2 is 2.05 bits per heavy atom. The molecule has 1 aromatic rings. The number of hydrogen-bond acceptors (Lipinski definition) is 6. The fourth-order valence-corrected chi connectivity index (χ4v) is 2.86. The highest BCUT2D eigenvalue weighted by molar-refractivity contribution is 5.46. The number of methoxy groups -OCH3 is 1. The van der Waals surface area contributed by atoms with Crippen LogP contribution >= 0.6 is 0 Å². The van der Waals surface area contributed by atoms with Crippen molar-refractivity contribution in [3.8, 4) is 5.88 Å². The fraction of sp³-hybridized carbons (Fsp3) is 0.692. The smallest absolute Gasteiger partial charge is 0.257 e. The van der Waals surface area contributed by atoms with Gasteiger partial charge in [0.1, 0.15) is 0 Å². The molecule has 2 saturated heterocycles. The van der Waals surface area contributed by atoms with Gasteiger partial charge in [0, 0.05) is 12.4 Å². The summed E-state index contributed by atoms with van der Waals surface area (Å²) in [5, 5.41) is 3.42. The minimum Gasteiger partial charge on any atom is -0.478 e. The molecule has 0 amide bonds. The molecule has 0 spiro atoms. The number of nitrogens with zero attached hydrogens (tertiary/aromatic N) is 3. The average molecular weight is 264 g/mol. The van der Waals surface area contributed by atoms with Gasteiger partial charge < -0.3 is 14.8 Å². The molecular weight excluding hydrogens is 244 g/mol. The van der Waals surface area contributed by atoms with Crippen LogP contribution in [0.1, 0.15) is 12.8 Å². The highest BCUT2D eigenvalue weighted by atomic mass is 16.5. The van der Waals surface area contributed by atoms with Crippen molar-refractivity contribution in [2.75, 3.05) is 38.7 Å². The van der Waals surface area contributed by atoms with Crippen LogP contribution in [0, 0.1) is 0 Å². The van der Waals surface area contributed by atoms with Crippen LogP contribution in [0.3, 0.4) is 0 Å². The minimum atomic E-state index is 0.253. The number of aromatic nitrogens is 2. The van der Waals surface area contributed by atoms with Crippen LogP contribution in [0.4, 0.5) is 5.82 Å². The molecule has 104 valence electrons. The van der Waals surface area contributed by atoms with Crippen molar-refractivity contribution >= 4 is 5.82 Å². The molecular formula is C13H20N4O2. The summed E-state index contributed by atoms with van der Waals surface area (Å²) in [4.78, 5) is 11.0. The molecule has 1 aromatic heterocycles. The summed E-state index contributed by atoms with van der Waals surface area (Å²) < 4.78 is 10.9. The molecule has 6 nitrogen and oxygen atoms in total. The Hall–Kier alpha value is -1.40. The lowest BCUT2D eigenvalue weighted by atomic mass is 10.1. The summed E-state index contributed by atoms with van der Waals surface area (Å²) in [7, 11) is 1.61. The van der Waals surface area contributed by atoms with Gasteiger partial charge in [-0.2, -0.15) is 0 Å². The van der Waals surface area contributed by atoms with Gasteiger partial charge in [-0.1, -0.05) is 0 Å². The number of rotatable bonds is 4. The maximum atomic E-state index is 5.63. The number of likely N-dealkylation sites (tertiary alicyclic amines) is 1. The molecule has 6 heteroatoms. The van der Waals surface area contributed by atoms with Crippen molar-refractivity contribution in [3.05, 3.63) is 12.4 Å². The quantitative estimate of drug-likeness (QED) is 0.866. The first-order valence-electron chi connectivity index (χ1n) is 6.82. The second-order valence-electron chi connectivity index (χ2n) is 5.01. The van der Waals surface area contributed by atoms with E-state index in [2.05, 4.69) is 20.2 Å². The van der Waals surface area contributed by atoms with Gasteiger partial charge in [-0.25, -0.2) is 9.97 Å². The highest BCUT2D eigenvalue weighted by Gasteiger charge is 2.34. The van der Waals surface area contributed by atoms with Crippen LogP contribution < -0.4 is 10.1 Å². The molecule has 0 aliphatic carbocycles. The van der Waals surface area contributed by atoms with Crippen molar-refractivity contribution in [2.24, 2.45) is 0 Å². The van der Waals surface area contributed by atoms with Crippen molar-refractivity contribution in [1.29, 1.82) is 0 Å². The minimum absolute atomic E-state index is 0.253. The molecule has 19 heavy (non-hydrogen) atoms. The summed E-state index contributed by atoms with van der Waals surface area (Å²) >= 11 is 0. The van der Waals surface area contributed by atoms with E-state index in [1.165, 1.54) is 25.9 Å². The standard InChI is InChI=1S/C13H20N4O2/c1-18-13-12(14-4-5-15-13)16-10-8-19-9-11(10)17-6-2-3-7-17/h4-5,10-11H,2-3,6-9H2,1H3,(H,14,16)/t10-,11-/m0/s1. The first-order chi connectivity index (χ1) is 9.38. The lowest BCUT2D eigenvalue weighted by Gasteiger charge is -2.28. The Labute approximate surface area is 113 Å². The summed E-state index contributed by atoms with van der Waals surface area (Å²) in [6.07, 6.45) is 5.88. The molecule has 0 aromatic carbocycles. The second kappa shape index (κ2) is 5.71. The van der Waals surface area contributed by atoms with E-state index in [0.29, 0.717) is 24.3 Å². The van der Waals surface area contributed by atoms with Gasteiger partial charge in [-0.3, -0.25) is 4.90 Å². The van der Waals surface area contributed by atoms with Crippen LogP contribution in [-0.4, -0.2) is 60.4 Å². The molecule has 2 aliphatic heterocycles. The predicted molar refractivity (Wildman–Crippen MR) is 71.4 cm³/mol. The zero-order chi connectivity index (χ0) is 13.1. The Morgan fingerprint density at radius 3 is 2.84 bits per heavy atom. The van der Waals surface area contributed by atoms with E-state index < -0.39 is 0 Å². The van der Waals surface area contributed by atoms with Gasteiger partial charge >= 0.3 is 0 Å². The molecule has 0 unspecified atom stereocenters. The zero-order valence-corrected chi connectivity index (χ0v) is 11.2. The fourth-order valence-electron chi connectivity index (χ4n) is 2.86. The molecule has 2 aliphatic rings. The third-order valence-corrected chi connectivity index (χ3v) is 3.84. The Kier molecular flexibility index (Phi) is 3.79. The molecule has 3 heterocycles. The molecule has 0 bridgehead atoms. The molecule has 0 radical (unpaired) electrons. The third kappa shape index (κ3) is 2.64. The number of anilines is 1. The lowest BCUT2D eigenvalue weighted by molar-refractivity contribution is 0.159. The summed E-state index contributed by atoms with van der Waals surface area (Å²) in [5.74, 6) is 1.24. The van der Waals surface area contributed by atoms with Gasteiger partial charge in [0.15, 0.2) is 5.82 Å². The zero-order valence-electron chi connectivity index (χ0n) is 11.2. The maximum absolute atomic E-state index is 5.63. The van der Waals surface area contributed by atoms with Crippen LogP contribution in [0.2, 0.25) is 0 Å². The number of ether oxygens (including phenoxy) is 2. The van der Waals surface area contributed by atoms with Crippen LogP contribution in [0.25, 0.3) is 0 Å². The molecule has 2 fully saturated rings. The van der Waals surface area contributed by atoms with Crippen molar-refractivity contribution in [2.45, 2.75) is 24.9 Å². The number of hydrogen-bond donors (Lipinski definition) is 1. The van der Waals surface area contributed by atoms with E-state index in [0.717, 1.165) is 6.61 Å². The highest BCUT2D eigenvalue weighted by Crippen LogP contribution is 2.24. The molecule has 0 saturated carbocycles. The van der Waals surface area contributed by atoms with E-state index in [9.17, 15) is 0 Å². The average Bonchev–Trinajstić information content (AvgIpc) is 3.09. The monoisotopic (exact) mass is 264 g/mol. The Bertz CT molecular complexity index is 423. The van der Waals surface area contributed by atoms with E-state index in [4.69, 9.17) is 9.47 Å². The van der Waals surface area contributed by atoms with Gasteiger partial charge in [0.2, 0.25) is 0 Å². The van der Waals surface area contributed by atoms with E-state index in [1.807, 2.05) is 0 Å². The summed E-state index contributed by atoms with van der Waals surface area (Å²) in [6, 6.07) is 0.679. The molecule has 3 rings (SSSR count). The van der Waals surface area contributed by atoms with Crippen molar-refractivity contribution < 1.29 is 9.47 Å². The molecule has 1 N–H and O–H groups in total. The van der Waals surface area contributed by atoms with Gasteiger partial charge in [-0.05, 0) is 25.9 Å².